The summed E-state index contributed by atoms with van der Waals surface area (Å²) in [4.78, 5) is 21.9. The highest BCUT2D eigenvalue weighted by atomic mass is 16.6. The van der Waals surface area contributed by atoms with E-state index in [1.807, 2.05) is 0 Å². The number of rotatable bonds is 6. The second-order valence-corrected chi connectivity index (χ2v) is 3.21. The molecule has 0 saturated heterocycles. The summed E-state index contributed by atoms with van der Waals surface area (Å²) in [6.07, 6.45) is 0.324. The van der Waals surface area contributed by atoms with Crippen molar-refractivity contribution in [3.8, 4) is 0 Å². The summed E-state index contributed by atoms with van der Waals surface area (Å²) in [6, 6.07) is 0. The second-order valence-electron chi connectivity index (χ2n) is 3.21. The van der Waals surface area contributed by atoms with Crippen LogP contribution in [0.15, 0.2) is 12.7 Å². The number of esters is 2. The average Bonchev–Trinajstić information content (AvgIpc) is 2.21. The lowest BCUT2D eigenvalue weighted by atomic mass is 10.2. The van der Waals surface area contributed by atoms with Crippen molar-refractivity contribution < 1.29 is 24.2 Å². The van der Waals surface area contributed by atoms with Gasteiger partial charge in [0.1, 0.15) is 13.2 Å². The number of hydrogen-bond donors (Lipinski definition) is 1. The summed E-state index contributed by atoms with van der Waals surface area (Å²) < 4.78 is 9.39. The van der Waals surface area contributed by atoms with Gasteiger partial charge >= 0.3 is 11.9 Å². The minimum Gasteiger partial charge on any atom is -0.463 e. The van der Waals surface area contributed by atoms with Crippen molar-refractivity contribution in [3.05, 3.63) is 12.7 Å². The number of aliphatic hydroxyl groups is 1. The highest BCUT2D eigenvalue weighted by molar-refractivity contribution is 5.81. The van der Waals surface area contributed by atoms with Crippen LogP contribution in [0.25, 0.3) is 0 Å². The zero-order valence-corrected chi connectivity index (χ0v) is 8.93. The topological polar surface area (TPSA) is 72.8 Å². The third-order valence-corrected chi connectivity index (χ3v) is 1.51. The molecule has 2 atom stereocenters. The van der Waals surface area contributed by atoms with Gasteiger partial charge in [-0.15, -0.1) is 0 Å². The molecule has 0 aliphatic carbocycles. The van der Waals surface area contributed by atoms with E-state index < -0.39 is 24.0 Å². The third kappa shape index (κ3) is 6.68. The van der Waals surface area contributed by atoms with Gasteiger partial charge in [-0.05, 0) is 13.8 Å². The summed E-state index contributed by atoms with van der Waals surface area (Å²) in [6.45, 7) is 6.19. The first-order chi connectivity index (χ1) is 6.97. The lowest BCUT2D eigenvalue weighted by molar-refractivity contribution is -0.154. The Bertz CT molecular complexity index is 234. The van der Waals surface area contributed by atoms with E-state index in [0.717, 1.165) is 6.08 Å². The summed E-state index contributed by atoms with van der Waals surface area (Å²) in [7, 11) is 0. The van der Waals surface area contributed by atoms with Gasteiger partial charge in [-0.25, -0.2) is 4.79 Å². The molecule has 0 aromatic carbocycles. The molecule has 5 heteroatoms. The number of carbonyl (C=O) groups is 2. The van der Waals surface area contributed by atoms with E-state index in [1.54, 1.807) is 6.92 Å². The van der Waals surface area contributed by atoms with Gasteiger partial charge in [0.2, 0.25) is 0 Å². The van der Waals surface area contributed by atoms with Crippen LogP contribution < -0.4 is 0 Å². The molecule has 1 N–H and O–H groups in total. The molecule has 0 aromatic rings. The van der Waals surface area contributed by atoms with Gasteiger partial charge in [0.25, 0.3) is 0 Å². The van der Waals surface area contributed by atoms with Crippen LogP contribution in [-0.2, 0) is 19.1 Å². The van der Waals surface area contributed by atoms with E-state index in [2.05, 4.69) is 11.3 Å². The SMILES string of the molecule is C=CC(=O)OCC(C)C(=O)OCC(C)O. The maximum Gasteiger partial charge on any atom is 0.330 e. The van der Waals surface area contributed by atoms with Crippen LogP contribution in [-0.4, -0.2) is 36.4 Å². The highest BCUT2D eigenvalue weighted by Gasteiger charge is 2.16. The Labute approximate surface area is 88.7 Å². The van der Waals surface area contributed by atoms with Gasteiger partial charge in [-0.3, -0.25) is 4.79 Å². The first kappa shape index (κ1) is 13.6. The number of ether oxygens (including phenoxy) is 2. The van der Waals surface area contributed by atoms with E-state index in [9.17, 15) is 9.59 Å². The second kappa shape index (κ2) is 7.00. The summed E-state index contributed by atoms with van der Waals surface area (Å²) >= 11 is 0. The van der Waals surface area contributed by atoms with Crippen LogP contribution in [0, 0.1) is 5.92 Å². The van der Waals surface area contributed by atoms with E-state index in [-0.39, 0.29) is 13.2 Å². The van der Waals surface area contributed by atoms with Crippen LogP contribution >= 0.6 is 0 Å². The Hall–Kier alpha value is -1.36. The van der Waals surface area contributed by atoms with Crippen LogP contribution in [0.4, 0.5) is 0 Å². The van der Waals surface area contributed by atoms with E-state index >= 15 is 0 Å². The standard InChI is InChI=1S/C10H16O5/c1-4-9(12)14-5-7(2)10(13)15-6-8(3)11/h4,7-8,11H,1,5-6H2,2-3H3. The quantitative estimate of drug-likeness (QED) is 0.510. The molecule has 0 aliphatic rings. The molecule has 0 fully saturated rings. The maximum absolute atomic E-state index is 11.2. The Balaban J connectivity index is 3.78. The number of carbonyl (C=O) groups excluding carboxylic acids is 2. The molecule has 0 rings (SSSR count). The van der Waals surface area contributed by atoms with Crippen molar-refractivity contribution in [2.75, 3.05) is 13.2 Å². The monoisotopic (exact) mass is 216 g/mol. The predicted molar refractivity (Wildman–Crippen MR) is 53.0 cm³/mol. The zero-order chi connectivity index (χ0) is 11.8. The lowest BCUT2D eigenvalue weighted by Crippen LogP contribution is -2.24. The van der Waals surface area contributed by atoms with E-state index in [0.29, 0.717) is 0 Å². The molecule has 0 saturated carbocycles. The fraction of sp³-hybridized carbons (Fsp3) is 0.600. The predicted octanol–water partition coefficient (Wildman–Crippen LogP) is 0.276. The molecule has 5 nitrogen and oxygen atoms in total. The first-order valence-electron chi connectivity index (χ1n) is 4.61. The molecule has 0 radical (unpaired) electrons. The van der Waals surface area contributed by atoms with Crippen LogP contribution in [0.5, 0.6) is 0 Å². The molecule has 86 valence electrons. The Morgan fingerprint density at radius 1 is 1.33 bits per heavy atom. The van der Waals surface area contributed by atoms with Gasteiger partial charge in [0, 0.05) is 6.08 Å². The van der Waals surface area contributed by atoms with E-state index in [4.69, 9.17) is 9.84 Å². The Morgan fingerprint density at radius 3 is 2.40 bits per heavy atom. The van der Waals surface area contributed by atoms with Crippen LogP contribution in [0.1, 0.15) is 13.8 Å². The van der Waals surface area contributed by atoms with Crippen molar-refractivity contribution in [2.24, 2.45) is 5.92 Å². The minimum atomic E-state index is -0.697. The first-order valence-corrected chi connectivity index (χ1v) is 4.61. The van der Waals surface area contributed by atoms with Gasteiger partial charge in [-0.1, -0.05) is 6.58 Å². The molecule has 0 aromatic heterocycles. The minimum absolute atomic E-state index is 0.0521. The van der Waals surface area contributed by atoms with Gasteiger partial charge in [0.05, 0.1) is 12.0 Å². The van der Waals surface area contributed by atoms with Crippen LogP contribution in [0.3, 0.4) is 0 Å². The molecule has 0 amide bonds. The molecule has 0 spiro atoms. The lowest BCUT2D eigenvalue weighted by Gasteiger charge is -2.12. The molecule has 0 aliphatic heterocycles. The summed E-state index contributed by atoms with van der Waals surface area (Å²) in [5.41, 5.74) is 0. The molecule has 0 bridgehead atoms. The van der Waals surface area contributed by atoms with Crippen molar-refractivity contribution in [1.29, 1.82) is 0 Å². The maximum atomic E-state index is 11.2. The Morgan fingerprint density at radius 2 is 1.93 bits per heavy atom. The average molecular weight is 216 g/mol. The van der Waals surface area contributed by atoms with Crippen LogP contribution in [0.2, 0.25) is 0 Å². The van der Waals surface area contributed by atoms with Gasteiger partial charge in [-0.2, -0.15) is 0 Å². The van der Waals surface area contributed by atoms with Crippen molar-refractivity contribution in [1.82, 2.24) is 0 Å². The fourth-order valence-corrected chi connectivity index (χ4v) is 0.679. The van der Waals surface area contributed by atoms with Crippen molar-refractivity contribution in [3.63, 3.8) is 0 Å². The normalized spacial score (nSPS) is 13.8. The number of hydrogen-bond acceptors (Lipinski definition) is 5. The fourth-order valence-electron chi connectivity index (χ4n) is 0.679. The Kier molecular flexibility index (Phi) is 6.37. The zero-order valence-electron chi connectivity index (χ0n) is 8.93. The van der Waals surface area contributed by atoms with Gasteiger partial charge in [0.15, 0.2) is 0 Å². The molecular weight excluding hydrogens is 200 g/mol. The third-order valence-electron chi connectivity index (χ3n) is 1.51. The number of aliphatic hydroxyl groups excluding tert-OH is 1. The summed E-state index contributed by atoms with van der Waals surface area (Å²) in [5.74, 6) is -1.63. The largest absolute Gasteiger partial charge is 0.463 e. The summed E-state index contributed by atoms with van der Waals surface area (Å²) in [5, 5.41) is 8.86. The molecule has 0 heterocycles. The van der Waals surface area contributed by atoms with Gasteiger partial charge < -0.3 is 14.6 Å². The molecule has 2 unspecified atom stereocenters. The van der Waals surface area contributed by atoms with Crippen molar-refractivity contribution in [2.45, 2.75) is 20.0 Å². The molecular formula is C10H16O5. The molecule has 15 heavy (non-hydrogen) atoms. The van der Waals surface area contributed by atoms with E-state index in [1.165, 1.54) is 6.92 Å². The highest BCUT2D eigenvalue weighted by Crippen LogP contribution is 2.00. The smallest absolute Gasteiger partial charge is 0.330 e. The van der Waals surface area contributed by atoms with Crippen molar-refractivity contribution >= 4 is 11.9 Å².